The zero-order valence-corrected chi connectivity index (χ0v) is 6.94. The van der Waals surface area contributed by atoms with Crippen molar-refractivity contribution in [3.05, 3.63) is 0 Å². The van der Waals surface area contributed by atoms with Gasteiger partial charge in [-0.05, 0) is 13.8 Å². The predicted molar refractivity (Wildman–Crippen MR) is 39.0 cm³/mol. The molecule has 0 aromatic rings. The van der Waals surface area contributed by atoms with Crippen molar-refractivity contribution in [1.82, 2.24) is 0 Å². The maximum atomic E-state index is 11.9. The van der Waals surface area contributed by atoms with E-state index in [0.717, 1.165) is 13.8 Å². The van der Waals surface area contributed by atoms with Crippen LogP contribution in [0.25, 0.3) is 0 Å². The van der Waals surface area contributed by atoms with E-state index in [0.29, 0.717) is 0 Å². The summed E-state index contributed by atoms with van der Waals surface area (Å²) in [5.74, 6) is -0.861. The number of alkyl halides is 3. The molecule has 0 atom stereocenters. The second-order valence-electron chi connectivity index (χ2n) is 2.54. The Morgan fingerprint density at radius 1 is 1.27 bits per heavy atom. The first kappa shape index (κ1) is 13.2. The zero-order valence-electron chi connectivity index (χ0n) is 6.12. The highest BCUT2D eigenvalue weighted by molar-refractivity contribution is 5.85. The fourth-order valence-electron chi connectivity index (χ4n) is 0.153. The van der Waals surface area contributed by atoms with E-state index in [-0.39, 0.29) is 12.4 Å². The SMILES string of the molecule is CC(C)(C(=N)N)C(F)(F)F.Cl. The first-order valence-electron chi connectivity index (χ1n) is 2.61. The van der Waals surface area contributed by atoms with Crippen LogP contribution in [-0.2, 0) is 0 Å². The van der Waals surface area contributed by atoms with Gasteiger partial charge in [0.1, 0.15) is 11.3 Å². The van der Waals surface area contributed by atoms with E-state index < -0.39 is 17.4 Å². The molecule has 68 valence electrons. The van der Waals surface area contributed by atoms with Crippen LogP contribution >= 0.6 is 12.4 Å². The van der Waals surface area contributed by atoms with Crippen LogP contribution < -0.4 is 5.73 Å². The van der Waals surface area contributed by atoms with Crippen LogP contribution in [0, 0.1) is 10.8 Å². The quantitative estimate of drug-likeness (QED) is 0.482. The lowest BCUT2D eigenvalue weighted by Crippen LogP contribution is -2.43. The highest BCUT2D eigenvalue weighted by atomic mass is 35.5. The Kier molecular flexibility index (Phi) is 3.95. The molecule has 0 fully saturated rings. The van der Waals surface area contributed by atoms with Crippen molar-refractivity contribution >= 4 is 18.2 Å². The van der Waals surface area contributed by atoms with Crippen LogP contribution in [0.5, 0.6) is 0 Å². The number of amidine groups is 1. The summed E-state index contributed by atoms with van der Waals surface area (Å²) in [7, 11) is 0. The van der Waals surface area contributed by atoms with Gasteiger partial charge >= 0.3 is 6.18 Å². The van der Waals surface area contributed by atoms with Gasteiger partial charge in [-0.3, -0.25) is 5.41 Å². The molecule has 0 heterocycles. The molecule has 0 spiro atoms. The first-order chi connectivity index (χ1) is 4.19. The monoisotopic (exact) mass is 190 g/mol. The summed E-state index contributed by atoms with van der Waals surface area (Å²) >= 11 is 0. The highest BCUT2D eigenvalue weighted by Gasteiger charge is 2.49. The normalized spacial score (nSPS) is 12.1. The number of nitrogens with two attached hydrogens (primary N) is 1. The Balaban J connectivity index is 0. The number of hydrogen-bond donors (Lipinski definition) is 2. The first-order valence-corrected chi connectivity index (χ1v) is 2.61. The molecule has 0 aliphatic rings. The topological polar surface area (TPSA) is 49.9 Å². The molecule has 0 rings (SSSR count). The smallest absolute Gasteiger partial charge is 0.387 e. The summed E-state index contributed by atoms with van der Waals surface area (Å²) in [6.45, 7) is 1.74. The second-order valence-corrected chi connectivity index (χ2v) is 2.54. The molecule has 6 heteroatoms. The average molecular weight is 191 g/mol. The Hall–Kier alpha value is -0.450. The van der Waals surface area contributed by atoms with Crippen molar-refractivity contribution in [3.8, 4) is 0 Å². The average Bonchev–Trinajstić information content (AvgIpc) is 1.62. The van der Waals surface area contributed by atoms with E-state index in [2.05, 4.69) is 0 Å². The molecule has 0 saturated heterocycles. The van der Waals surface area contributed by atoms with Gasteiger partial charge in [0, 0.05) is 0 Å². The van der Waals surface area contributed by atoms with E-state index in [1.807, 2.05) is 0 Å². The molecule has 11 heavy (non-hydrogen) atoms. The molecule has 0 radical (unpaired) electrons. The van der Waals surface area contributed by atoms with Gasteiger partial charge in [-0.15, -0.1) is 12.4 Å². The van der Waals surface area contributed by atoms with Crippen LogP contribution in [-0.4, -0.2) is 12.0 Å². The fraction of sp³-hybridized carbons (Fsp3) is 0.800. The molecule has 2 nitrogen and oxygen atoms in total. The molecule has 0 unspecified atom stereocenters. The molecular weight excluding hydrogens is 181 g/mol. The third kappa shape index (κ3) is 2.57. The summed E-state index contributed by atoms with van der Waals surface area (Å²) in [6, 6.07) is 0. The molecule has 0 aliphatic carbocycles. The number of halogens is 4. The van der Waals surface area contributed by atoms with E-state index >= 15 is 0 Å². The summed E-state index contributed by atoms with van der Waals surface area (Å²) in [4.78, 5) is 0. The van der Waals surface area contributed by atoms with Crippen molar-refractivity contribution in [1.29, 1.82) is 5.41 Å². The summed E-state index contributed by atoms with van der Waals surface area (Å²) in [6.07, 6.45) is -4.43. The number of nitrogens with one attached hydrogen (secondary N) is 1. The predicted octanol–water partition coefficient (Wildman–Crippen LogP) is 1.93. The van der Waals surface area contributed by atoms with Crippen molar-refractivity contribution in [2.45, 2.75) is 20.0 Å². The molecule has 0 amide bonds. The van der Waals surface area contributed by atoms with E-state index in [1.165, 1.54) is 0 Å². The van der Waals surface area contributed by atoms with Gasteiger partial charge in [-0.1, -0.05) is 0 Å². The van der Waals surface area contributed by atoms with Gasteiger partial charge in [-0.25, -0.2) is 0 Å². The molecule has 3 N–H and O–H groups in total. The fourth-order valence-corrected chi connectivity index (χ4v) is 0.153. The molecular formula is C5H10ClF3N2. The maximum Gasteiger partial charge on any atom is 0.400 e. The van der Waals surface area contributed by atoms with Crippen molar-refractivity contribution in [2.75, 3.05) is 0 Å². The van der Waals surface area contributed by atoms with E-state index in [4.69, 9.17) is 11.1 Å². The van der Waals surface area contributed by atoms with Crippen LogP contribution in [0.3, 0.4) is 0 Å². The molecule has 0 aromatic heterocycles. The van der Waals surface area contributed by atoms with Gasteiger partial charge < -0.3 is 5.73 Å². The summed E-state index contributed by atoms with van der Waals surface area (Å²) < 4.78 is 35.6. The Labute approximate surface area is 68.9 Å². The summed E-state index contributed by atoms with van der Waals surface area (Å²) in [5, 5.41) is 6.61. The standard InChI is InChI=1S/C5H9F3N2.ClH/c1-4(2,3(9)10)5(6,7)8;/h1-2H3,(H3,9,10);1H. The van der Waals surface area contributed by atoms with Crippen LogP contribution in [0.4, 0.5) is 13.2 Å². The lowest BCUT2D eigenvalue weighted by atomic mass is 9.92. The lowest BCUT2D eigenvalue weighted by molar-refractivity contribution is -0.186. The van der Waals surface area contributed by atoms with Crippen LogP contribution in [0.2, 0.25) is 0 Å². The molecule has 0 bridgehead atoms. The van der Waals surface area contributed by atoms with Crippen molar-refractivity contribution in [2.24, 2.45) is 11.1 Å². The molecule has 0 aromatic carbocycles. The van der Waals surface area contributed by atoms with E-state index in [1.54, 1.807) is 0 Å². The second kappa shape index (κ2) is 3.30. The third-order valence-electron chi connectivity index (χ3n) is 1.38. The maximum absolute atomic E-state index is 11.9. The van der Waals surface area contributed by atoms with Gasteiger partial charge in [0.2, 0.25) is 0 Å². The Morgan fingerprint density at radius 3 is 1.55 bits per heavy atom. The minimum atomic E-state index is -4.43. The zero-order chi connectivity index (χ0) is 8.58. The van der Waals surface area contributed by atoms with Gasteiger partial charge in [0.05, 0.1) is 0 Å². The Bertz CT molecular complexity index is 152. The highest BCUT2D eigenvalue weighted by Crippen LogP contribution is 2.36. The number of rotatable bonds is 1. The minimum absolute atomic E-state index is 0. The molecule has 0 saturated carbocycles. The minimum Gasteiger partial charge on any atom is -0.387 e. The van der Waals surface area contributed by atoms with Crippen molar-refractivity contribution < 1.29 is 13.2 Å². The van der Waals surface area contributed by atoms with Crippen LogP contribution in [0.15, 0.2) is 0 Å². The lowest BCUT2D eigenvalue weighted by Gasteiger charge is -2.25. The van der Waals surface area contributed by atoms with Gasteiger partial charge in [0.25, 0.3) is 0 Å². The molecule has 0 aliphatic heterocycles. The third-order valence-corrected chi connectivity index (χ3v) is 1.38. The largest absolute Gasteiger partial charge is 0.400 e. The van der Waals surface area contributed by atoms with Crippen LogP contribution in [0.1, 0.15) is 13.8 Å². The van der Waals surface area contributed by atoms with Gasteiger partial charge in [0.15, 0.2) is 0 Å². The number of hydrogen-bond acceptors (Lipinski definition) is 1. The van der Waals surface area contributed by atoms with E-state index in [9.17, 15) is 13.2 Å². The summed E-state index contributed by atoms with van der Waals surface area (Å²) in [5.41, 5.74) is 2.52. The Morgan fingerprint density at radius 2 is 1.55 bits per heavy atom. The van der Waals surface area contributed by atoms with Gasteiger partial charge in [-0.2, -0.15) is 13.2 Å². The van der Waals surface area contributed by atoms with Crippen molar-refractivity contribution in [3.63, 3.8) is 0 Å².